The van der Waals surface area contributed by atoms with Crippen molar-refractivity contribution >= 4 is 5.97 Å². The van der Waals surface area contributed by atoms with E-state index in [1.54, 1.807) is 18.2 Å². The van der Waals surface area contributed by atoms with E-state index in [9.17, 15) is 9.18 Å². The van der Waals surface area contributed by atoms with Crippen molar-refractivity contribution in [1.29, 1.82) is 0 Å². The molecule has 0 aliphatic rings. The van der Waals surface area contributed by atoms with Crippen LogP contribution in [0.25, 0.3) is 0 Å². The number of rotatable bonds is 7. The molecule has 0 radical (unpaired) electrons. The Hall–Kier alpha value is -2.40. The van der Waals surface area contributed by atoms with E-state index in [1.165, 1.54) is 19.1 Å². The minimum Gasteiger partial charge on any atom is -0.494 e. The lowest BCUT2D eigenvalue weighted by Crippen LogP contribution is -2.19. The van der Waals surface area contributed by atoms with Crippen LogP contribution in [0.3, 0.4) is 0 Å². The fraction of sp³-hybridized carbons (Fsp3) is 0.278. The van der Waals surface area contributed by atoms with Crippen molar-refractivity contribution in [3.05, 3.63) is 59.9 Å². The molecular weight excluding hydrogens is 297 g/mol. The van der Waals surface area contributed by atoms with Crippen LogP contribution in [0.2, 0.25) is 0 Å². The number of halogens is 1. The van der Waals surface area contributed by atoms with Gasteiger partial charge in [-0.15, -0.1) is 0 Å². The molecule has 122 valence electrons. The van der Waals surface area contributed by atoms with Crippen LogP contribution in [0.5, 0.6) is 11.5 Å². The lowest BCUT2D eigenvalue weighted by molar-refractivity contribution is -0.131. The monoisotopic (exact) mass is 317 g/mol. The maximum atomic E-state index is 12.8. The fourth-order valence-corrected chi connectivity index (χ4v) is 2.26. The van der Waals surface area contributed by atoms with E-state index in [0.29, 0.717) is 18.1 Å². The first-order valence-corrected chi connectivity index (χ1v) is 7.42. The van der Waals surface area contributed by atoms with Crippen LogP contribution < -0.4 is 14.8 Å². The molecule has 4 nitrogen and oxygen atoms in total. The van der Waals surface area contributed by atoms with Crippen LogP contribution in [0, 0.1) is 5.82 Å². The van der Waals surface area contributed by atoms with Gasteiger partial charge in [-0.2, -0.15) is 0 Å². The van der Waals surface area contributed by atoms with E-state index < -0.39 is 0 Å². The van der Waals surface area contributed by atoms with Crippen molar-refractivity contribution < 1.29 is 18.7 Å². The molecule has 0 amide bonds. The number of carbonyl (C=O) groups excluding carboxylic acids is 1. The Morgan fingerprint density at radius 1 is 1.17 bits per heavy atom. The minimum absolute atomic E-state index is 0.0611. The van der Waals surface area contributed by atoms with Crippen LogP contribution in [0.4, 0.5) is 4.39 Å². The maximum absolute atomic E-state index is 12.8. The van der Waals surface area contributed by atoms with Gasteiger partial charge >= 0.3 is 5.97 Å². The molecule has 0 aromatic heterocycles. The molecule has 5 heteroatoms. The van der Waals surface area contributed by atoms with Gasteiger partial charge in [-0.25, -0.2) is 4.39 Å². The first-order chi connectivity index (χ1) is 11.1. The number of esters is 1. The second-order valence-corrected chi connectivity index (χ2v) is 5.10. The Kier molecular flexibility index (Phi) is 6.11. The molecule has 0 aliphatic heterocycles. The highest BCUT2D eigenvalue weighted by Gasteiger charge is 2.11. The normalized spacial score (nSPS) is 11.8. The summed E-state index contributed by atoms with van der Waals surface area (Å²) in [7, 11) is 1.86. The number of hydrogen-bond acceptors (Lipinski definition) is 4. The highest BCUT2D eigenvalue weighted by molar-refractivity contribution is 5.69. The van der Waals surface area contributed by atoms with Crippen molar-refractivity contribution in [3.8, 4) is 11.5 Å². The van der Waals surface area contributed by atoms with E-state index in [0.717, 1.165) is 12.0 Å². The van der Waals surface area contributed by atoms with Gasteiger partial charge in [0.1, 0.15) is 17.3 Å². The number of nitrogens with one attached hydrogen (secondary N) is 1. The number of benzene rings is 2. The first-order valence-electron chi connectivity index (χ1n) is 7.42. The van der Waals surface area contributed by atoms with Crippen LogP contribution in [0.1, 0.15) is 24.9 Å². The zero-order valence-corrected chi connectivity index (χ0v) is 13.2. The van der Waals surface area contributed by atoms with E-state index >= 15 is 0 Å². The summed E-state index contributed by atoms with van der Waals surface area (Å²) >= 11 is 0. The molecule has 0 saturated carbocycles. The van der Waals surface area contributed by atoms with E-state index in [2.05, 4.69) is 5.32 Å². The van der Waals surface area contributed by atoms with Crippen LogP contribution in [-0.2, 0) is 4.79 Å². The zero-order chi connectivity index (χ0) is 16.7. The molecule has 0 fully saturated rings. The molecule has 0 aliphatic carbocycles. The quantitative estimate of drug-likeness (QED) is 0.627. The Bertz CT molecular complexity index is 643. The maximum Gasteiger partial charge on any atom is 0.308 e. The Morgan fingerprint density at radius 2 is 1.91 bits per heavy atom. The first kappa shape index (κ1) is 17.0. The summed E-state index contributed by atoms with van der Waals surface area (Å²) in [6.07, 6.45) is 0.720. The lowest BCUT2D eigenvalue weighted by atomic mass is 10.0. The molecule has 0 spiro atoms. The Labute approximate surface area is 135 Å². The summed E-state index contributed by atoms with van der Waals surface area (Å²) < 4.78 is 23.6. The SMILES string of the molecule is CNC(CCOc1ccc(F)cc1)c1cccc(OC(C)=O)c1. The van der Waals surface area contributed by atoms with E-state index in [-0.39, 0.29) is 17.8 Å². The highest BCUT2D eigenvalue weighted by Crippen LogP contribution is 2.22. The molecular formula is C18H20FNO3. The van der Waals surface area contributed by atoms with E-state index in [4.69, 9.17) is 9.47 Å². The molecule has 0 bridgehead atoms. The molecule has 23 heavy (non-hydrogen) atoms. The second kappa shape index (κ2) is 8.29. The standard InChI is InChI=1S/C18H20FNO3/c1-13(21)23-17-5-3-4-14(12-17)18(20-2)10-11-22-16-8-6-15(19)7-9-16/h3-9,12,18,20H,10-11H2,1-2H3. The van der Waals surface area contributed by atoms with Gasteiger partial charge in [-0.05, 0) is 49.0 Å². The van der Waals surface area contributed by atoms with Crippen LogP contribution >= 0.6 is 0 Å². The summed E-state index contributed by atoms with van der Waals surface area (Å²) in [5.74, 6) is 0.528. The van der Waals surface area contributed by atoms with Crippen molar-refractivity contribution in [3.63, 3.8) is 0 Å². The molecule has 0 heterocycles. The van der Waals surface area contributed by atoms with Gasteiger partial charge in [-0.1, -0.05) is 12.1 Å². The molecule has 1 unspecified atom stereocenters. The van der Waals surface area contributed by atoms with Gasteiger partial charge in [0.25, 0.3) is 0 Å². The third-order valence-electron chi connectivity index (χ3n) is 3.36. The smallest absolute Gasteiger partial charge is 0.308 e. The number of ether oxygens (including phenoxy) is 2. The molecule has 1 atom stereocenters. The highest BCUT2D eigenvalue weighted by atomic mass is 19.1. The molecule has 0 saturated heterocycles. The lowest BCUT2D eigenvalue weighted by Gasteiger charge is -2.17. The minimum atomic E-state index is -0.345. The molecule has 2 aromatic rings. The Morgan fingerprint density at radius 3 is 2.57 bits per heavy atom. The topological polar surface area (TPSA) is 47.6 Å². The second-order valence-electron chi connectivity index (χ2n) is 5.10. The molecule has 1 N–H and O–H groups in total. The predicted molar refractivity (Wildman–Crippen MR) is 86.1 cm³/mol. The van der Waals surface area contributed by atoms with Gasteiger partial charge in [-0.3, -0.25) is 4.79 Å². The van der Waals surface area contributed by atoms with Gasteiger partial charge in [0.05, 0.1) is 6.61 Å². The van der Waals surface area contributed by atoms with Crippen LogP contribution in [0.15, 0.2) is 48.5 Å². The van der Waals surface area contributed by atoms with Gasteiger partial charge in [0.2, 0.25) is 0 Å². The largest absolute Gasteiger partial charge is 0.494 e. The van der Waals surface area contributed by atoms with Crippen molar-refractivity contribution in [2.24, 2.45) is 0 Å². The van der Waals surface area contributed by atoms with Gasteiger partial charge in [0, 0.05) is 19.4 Å². The van der Waals surface area contributed by atoms with Crippen molar-refractivity contribution in [2.75, 3.05) is 13.7 Å². The third-order valence-corrected chi connectivity index (χ3v) is 3.36. The fourth-order valence-electron chi connectivity index (χ4n) is 2.26. The van der Waals surface area contributed by atoms with Gasteiger partial charge in [0.15, 0.2) is 0 Å². The third kappa shape index (κ3) is 5.38. The molecule has 2 rings (SSSR count). The Balaban J connectivity index is 1.94. The summed E-state index contributed by atoms with van der Waals surface area (Å²) in [4.78, 5) is 11.0. The van der Waals surface area contributed by atoms with Crippen molar-refractivity contribution in [2.45, 2.75) is 19.4 Å². The number of carbonyl (C=O) groups is 1. The summed E-state index contributed by atoms with van der Waals surface area (Å²) in [6.45, 7) is 1.85. The van der Waals surface area contributed by atoms with Crippen molar-refractivity contribution in [1.82, 2.24) is 5.32 Å². The summed E-state index contributed by atoms with van der Waals surface area (Å²) in [5.41, 5.74) is 1.01. The van der Waals surface area contributed by atoms with Gasteiger partial charge < -0.3 is 14.8 Å². The predicted octanol–water partition coefficient (Wildman–Crippen LogP) is 3.48. The van der Waals surface area contributed by atoms with E-state index in [1.807, 2.05) is 25.2 Å². The number of hydrogen-bond donors (Lipinski definition) is 1. The summed E-state index contributed by atoms with van der Waals surface area (Å²) in [6, 6.07) is 13.4. The average Bonchev–Trinajstić information content (AvgIpc) is 2.53. The molecule has 2 aromatic carbocycles. The van der Waals surface area contributed by atoms with Crippen LogP contribution in [-0.4, -0.2) is 19.6 Å². The zero-order valence-electron chi connectivity index (χ0n) is 13.2. The summed E-state index contributed by atoms with van der Waals surface area (Å²) in [5, 5.41) is 3.21. The average molecular weight is 317 g/mol.